The standard InChI is InChI=1S/C21H26N2O2/c1-16(12-13-25-18-10-6-3-7-11-18)21(24)23-14-19(20(22)15-23)17-8-4-2-5-9-17/h2-11,16,19-20H,12-15,22H2,1H3/t16?,19-,20+/m0/s1. The summed E-state index contributed by atoms with van der Waals surface area (Å²) in [4.78, 5) is 14.6. The van der Waals surface area contributed by atoms with Crippen LogP contribution in [0.5, 0.6) is 5.75 Å². The first-order chi connectivity index (χ1) is 12.1. The van der Waals surface area contributed by atoms with Crippen molar-refractivity contribution in [3.63, 3.8) is 0 Å². The number of nitrogens with two attached hydrogens (primary N) is 1. The van der Waals surface area contributed by atoms with E-state index in [-0.39, 0.29) is 23.8 Å². The molecule has 1 heterocycles. The highest BCUT2D eigenvalue weighted by molar-refractivity contribution is 5.79. The maximum absolute atomic E-state index is 12.7. The number of amides is 1. The number of hydrogen-bond acceptors (Lipinski definition) is 3. The van der Waals surface area contributed by atoms with Crippen LogP contribution in [0.15, 0.2) is 60.7 Å². The van der Waals surface area contributed by atoms with Gasteiger partial charge in [-0.25, -0.2) is 0 Å². The van der Waals surface area contributed by atoms with Gasteiger partial charge in [0.25, 0.3) is 0 Å². The molecular formula is C21H26N2O2. The zero-order valence-corrected chi connectivity index (χ0v) is 14.7. The van der Waals surface area contributed by atoms with Gasteiger partial charge < -0.3 is 15.4 Å². The molecular weight excluding hydrogens is 312 g/mol. The van der Waals surface area contributed by atoms with Crippen LogP contribution in [0.3, 0.4) is 0 Å². The van der Waals surface area contributed by atoms with Crippen molar-refractivity contribution in [2.75, 3.05) is 19.7 Å². The van der Waals surface area contributed by atoms with Crippen LogP contribution in [-0.2, 0) is 4.79 Å². The Morgan fingerprint density at radius 1 is 1.12 bits per heavy atom. The summed E-state index contributed by atoms with van der Waals surface area (Å²) >= 11 is 0. The molecule has 2 N–H and O–H groups in total. The monoisotopic (exact) mass is 338 g/mol. The first kappa shape index (κ1) is 17.5. The van der Waals surface area contributed by atoms with Gasteiger partial charge in [-0.2, -0.15) is 0 Å². The highest BCUT2D eigenvalue weighted by atomic mass is 16.5. The van der Waals surface area contributed by atoms with Gasteiger partial charge in [-0.3, -0.25) is 4.79 Å². The Labute approximate surface area is 149 Å². The Morgan fingerprint density at radius 3 is 2.44 bits per heavy atom. The summed E-state index contributed by atoms with van der Waals surface area (Å²) in [5.74, 6) is 1.17. The topological polar surface area (TPSA) is 55.6 Å². The van der Waals surface area contributed by atoms with E-state index in [9.17, 15) is 4.79 Å². The van der Waals surface area contributed by atoms with Crippen LogP contribution in [-0.4, -0.2) is 36.5 Å². The molecule has 0 saturated carbocycles. The van der Waals surface area contributed by atoms with Crippen LogP contribution in [0.1, 0.15) is 24.8 Å². The third kappa shape index (κ3) is 4.40. The molecule has 2 aromatic rings. The fourth-order valence-corrected chi connectivity index (χ4v) is 3.37. The summed E-state index contributed by atoms with van der Waals surface area (Å²) in [6.07, 6.45) is 0.704. The number of likely N-dealkylation sites (tertiary alicyclic amines) is 1. The Kier molecular flexibility index (Phi) is 5.71. The second-order valence-corrected chi connectivity index (χ2v) is 6.78. The van der Waals surface area contributed by atoms with Crippen molar-refractivity contribution in [3.8, 4) is 5.75 Å². The quantitative estimate of drug-likeness (QED) is 0.881. The van der Waals surface area contributed by atoms with E-state index in [4.69, 9.17) is 10.5 Å². The molecule has 2 aromatic carbocycles. The molecule has 132 valence electrons. The average molecular weight is 338 g/mol. The smallest absolute Gasteiger partial charge is 0.225 e. The van der Waals surface area contributed by atoms with E-state index in [0.29, 0.717) is 26.1 Å². The number of carbonyl (C=O) groups is 1. The molecule has 1 amide bonds. The van der Waals surface area contributed by atoms with Crippen LogP contribution in [0.4, 0.5) is 0 Å². The fraction of sp³-hybridized carbons (Fsp3) is 0.381. The lowest BCUT2D eigenvalue weighted by atomic mass is 9.95. The summed E-state index contributed by atoms with van der Waals surface area (Å²) in [5, 5.41) is 0. The predicted molar refractivity (Wildman–Crippen MR) is 99.5 cm³/mol. The number of hydrogen-bond donors (Lipinski definition) is 1. The maximum atomic E-state index is 12.7. The first-order valence-electron chi connectivity index (χ1n) is 8.92. The number of carbonyl (C=O) groups excluding carboxylic acids is 1. The SMILES string of the molecule is CC(CCOc1ccccc1)C(=O)N1C[C@@H](N)[C@H](c2ccccc2)C1. The third-order valence-electron chi connectivity index (χ3n) is 4.89. The second-order valence-electron chi connectivity index (χ2n) is 6.78. The van der Waals surface area contributed by atoms with Crippen molar-refractivity contribution >= 4 is 5.91 Å². The van der Waals surface area contributed by atoms with Gasteiger partial charge in [-0.15, -0.1) is 0 Å². The lowest BCUT2D eigenvalue weighted by Crippen LogP contribution is -2.35. The summed E-state index contributed by atoms with van der Waals surface area (Å²) in [6, 6.07) is 19.9. The molecule has 4 heteroatoms. The predicted octanol–water partition coefficient (Wildman–Crippen LogP) is 3.04. The number of benzene rings is 2. The second kappa shape index (κ2) is 8.17. The van der Waals surface area contributed by atoms with Crippen LogP contribution in [0.25, 0.3) is 0 Å². The van der Waals surface area contributed by atoms with Crippen molar-refractivity contribution in [2.45, 2.75) is 25.3 Å². The Balaban J connectivity index is 1.51. The number of ether oxygens (including phenoxy) is 1. The highest BCUT2D eigenvalue weighted by Gasteiger charge is 2.35. The van der Waals surface area contributed by atoms with Crippen molar-refractivity contribution in [1.82, 2.24) is 4.90 Å². The van der Waals surface area contributed by atoms with Crippen LogP contribution in [0.2, 0.25) is 0 Å². The number of para-hydroxylation sites is 1. The molecule has 25 heavy (non-hydrogen) atoms. The first-order valence-corrected chi connectivity index (χ1v) is 8.92. The van der Waals surface area contributed by atoms with Crippen LogP contribution >= 0.6 is 0 Å². The Hall–Kier alpha value is -2.33. The van der Waals surface area contributed by atoms with Gasteiger partial charge in [-0.05, 0) is 24.1 Å². The van der Waals surface area contributed by atoms with Crippen molar-refractivity contribution < 1.29 is 9.53 Å². The zero-order valence-electron chi connectivity index (χ0n) is 14.7. The normalized spacial score (nSPS) is 21.1. The molecule has 0 bridgehead atoms. The molecule has 3 atom stereocenters. The van der Waals surface area contributed by atoms with Gasteiger partial charge in [0.2, 0.25) is 5.91 Å². The molecule has 1 aliphatic rings. The van der Waals surface area contributed by atoms with Crippen LogP contribution in [0, 0.1) is 5.92 Å². The van der Waals surface area contributed by atoms with Gasteiger partial charge in [0.15, 0.2) is 0 Å². The minimum Gasteiger partial charge on any atom is -0.494 e. The fourth-order valence-electron chi connectivity index (χ4n) is 3.37. The maximum Gasteiger partial charge on any atom is 0.225 e. The molecule has 0 spiro atoms. The van der Waals surface area contributed by atoms with E-state index in [0.717, 1.165) is 5.75 Å². The number of nitrogens with zero attached hydrogens (tertiary/aromatic N) is 1. The van der Waals surface area contributed by atoms with E-state index >= 15 is 0 Å². The minimum absolute atomic E-state index is 0.000816. The van der Waals surface area contributed by atoms with Gasteiger partial charge >= 0.3 is 0 Å². The van der Waals surface area contributed by atoms with E-state index in [1.165, 1.54) is 5.56 Å². The van der Waals surface area contributed by atoms with Crippen LogP contribution < -0.4 is 10.5 Å². The van der Waals surface area contributed by atoms with Gasteiger partial charge in [0.1, 0.15) is 5.75 Å². The lowest BCUT2D eigenvalue weighted by Gasteiger charge is -2.21. The molecule has 1 aliphatic heterocycles. The molecule has 1 saturated heterocycles. The van der Waals surface area contributed by atoms with E-state index in [1.807, 2.05) is 60.4 Å². The van der Waals surface area contributed by atoms with Crippen molar-refractivity contribution in [1.29, 1.82) is 0 Å². The summed E-state index contributed by atoms with van der Waals surface area (Å²) in [5.41, 5.74) is 7.51. The van der Waals surface area contributed by atoms with Crippen molar-refractivity contribution in [3.05, 3.63) is 66.2 Å². The van der Waals surface area contributed by atoms with Crippen molar-refractivity contribution in [2.24, 2.45) is 11.7 Å². The number of rotatable bonds is 6. The molecule has 1 fully saturated rings. The van der Waals surface area contributed by atoms with E-state index < -0.39 is 0 Å². The van der Waals surface area contributed by atoms with Gasteiger partial charge in [-0.1, -0.05) is 55.5 Å². The Morgan fingerprint density at radius 2 is 1.76 bits per heavy atom. The van der Waals surface area contributed by atoms with E-state index in [2.05, 4.69) is 12.1 Å². The largest absolute Gasteiger partial charge is 0.494 e. The molecule has 0 aliphatic carbocycles. The lowest BCUT2D eigenvalue weighted by molar-refractivity contribution is -0.134. The third-order valence-corrected chi connectivity index (χ3v) is 4.89. The average Bonchev–Trinajstić information content (AvgIpc) is 3.04. The van der Waals surface area contributed by atoms with Gasteiger partial charge in [0, 0.05) is 31.0 Å². The molecule has 0 radical (unpaired) electrons. The molecule has 1 unspecified atom stereocenters. The van der Waals surface area contributed by atoms with E-state index in [1.54, 1.807) is 0 Å². The molecule has 4 nitrogen and oxygen atoms in total. The minimum atomic E-state index is -0.0644. The zero-order chi connectivity index (χ0) is 17.6. The summed E-state index contributed by atoms with van der Waals surface area (Å²) < 4.78 is 5.71. The Bertz CT molecular complexity index is 675. The molecule has 0 aromatic heterocycles. The van der Waals surface area contributed by atoms with Gasteiger partial charge in [0.05, 0.1) is 6.61 Å². The summed E-state index contributed by atoms with van der Waals surface area (Å²) in [7, 11) is 0. The highest BCUT2D eigenvalue weighted by Crippen LogP contribution is 2.27. The summed E-state index contributed by atoms with van der Waals surface area (Å²) in [6.45, 7) is 3.84. The molecule has 3 rings (SSSR count).